The molecular weight excluding hydrogens is 268 g/mol. The number of anilines is 1. The van der Waals surface area contributed by atoms with Gasteiger partial charge in [-0.05, 0) is 25.1 Å². The van der Waals surface area contributed by atoms with Gasteiger partial charge in [-0.2, -0.15) is 0 Å². The zero-order chi connectivity index (χ0) is 16.5. The molecule has 2 heteroatoms. The maximum absolute atomic E-state index is 5.42. The Morgan fingerprint density at radius 1 is 0.727 bits per heavy atom. The number of benzene rings is 1. The molecular formula is C20H38N2. The van der Waals surface area contributed by atoms with Gasteiger partial charge in [-0.25, -0.2) is 0 Å². The van der Waals surface area contributed by atoms with Crippen LogP contribution in [0.5, 0.6) is 0 Å². The summed E-state index contributed by atoms with van der Waals surface area (Å²) in [6.45, 7) is 3.14. The van der Waals surface area contributed by atoms with Crippen LogP contribution in [0.3, 0.4) is 0 Å². The molecule has 0 spiro atoms. The molecule has 0 saturated carbocycles. The molecule has 0 aliphatic heterocycles. The summed E-state index contributed by atoms with van der Waals surface area (Å²) in [5, 5.41) is 0. The molecule has 0 aliphatic rings. The Labute approximate surface area is 139 Å². The van der Waals surface area contributed by atoms with Crippen LogP contribution in [0.15, 0.2) is 30.3 Å². The Kier molecular flexibility index (Phi) is 15.6. The third kappa shape index (κ3) is 13.9. The number of nitrogens with zero attached hydrogens (tertiary/aromatic N) is 1. The summed E-state index contributed by atoms with van der Waals surface area (Å²) < 4.78 is 0. The van der Waals surface area contributed by atoms with Gasteiger partial charge in [0.1, 0.15) is 0 Å². The van der Waals surface area contributed by atoms with Gasteiger partial charge < -0.3 is 10.6 Å². The number of hydrogen-bond donors (Lipinski definition) is 1. The summed E-state index contributed by atoms with van der Waals surface area (Å²) >= 11 is 0. The Balaban J connectivity index is 0.000000425. The summed E-state index contributed by atoms with van der Waals surface area (Å²) in [5.74, 6) is 0. The standard InChI is InChI=1S/C12H27N.C8H11N/c1-2-3-4-5-6-7-8-9-10-11-12-13;1-9(2)8-6-4-3-5-7-8/h2-13H2,1H3;3-7H,1-2H3. The third-order valence-electron chi connectivity index (χ3n) is 3.83. The van der Waals surface area contributed by atoms with E-state index in [1.54, 1.807) is 0 Å². The molecule has 0 atom stereocenters. The molecule has 0 unspecified atom stereocenters. The summed E-state index contributed by atoms with van der Waals surface area (Å²) in [4.78, 5) is 2.08. The van der Waals surface area contributed by atoms with Crippen LogP contribution in [-0.2, 0) is 0 Å². The minimum absolute atomic E-state index is 0.872. The van der Waals surface area contributed by atoms with Gasteiger partial charge in [0, 0.05) is 19.8 Å². The largest absolute Gasteiger partial charge is 0.378 e. The fraction of sp³-hybridized carbons (Fsp3) is 0.700. The van der Waals surface area contributed by atoms with Crippen LogP contribution in [0.4, 0.5) is 5.69 Å². The molecule has 0 heterocycles. The zero-order valence-electron chi connectivity index (χ0n) is 15.2. The first-order valence-corrected chi connectivity index (χ1v) is 9.14. The molecule has 0 radical (unpaired) electrons. The van der Waals surface area contributed by atoms with E-state index in [0.717, 1.165) is 6.54 Å². The van der Waals surface area contributed by atoms with Crippen molar-refractivity contribution in [3.63, 3.8) is 0 Å². The van der Waals surface area contributed by atoms with E-state index >= 15 is 0 Å². The fourth-order valence-corrected chi connectivity index (χ4v) is 2.36. The monoisotopic (exact) mass is 306 g/mol. The van der Waals surface area contributed by atoms with Gasteiger partial charge in [0.05, 0.1) is 0 Å². The third-order valence-corrected chi connectivity index (χ3v) is 3.83. The number of hydrogen-bond acceptors (Lipinski definition) is 2. The molecule has 22 heavy (non-hydrogen) atoms. The van der Waals surface area contributed by atoms with E-state index in [9.17, 15) is 0 Å². The molecule has 0 saturated heterocycles. The van der Waals surface area contributed by atoms with Gasteiger partial charge in [0.2, 0.25) is 0 Å². The molecule has 1 aromatic carbocycles. The second kappa shape index (κ2) is 16.4. The van der Waals surface area contributed by atoms with Gasteiger partial charge in [-0.3, -0.25) is 0 Å². The molecule has 0 fully saturated rings. The molecule has 1 aromatic rings. The second-order valence-corrected chi connectivity index (χ2v) is 6.20. The smallest absolute Gasteiger partial charge is 0.0360 e. The Bertz CT molecular complexity index is 299. The van der Waals surface area contributed by atoms with Crippen molar-refractivity contribution in [3.8, 4) is 0 Å². The van der Waals surface area contributed by atoms with Crippen LogP contribution in [0.25, 0.3) is 0 Å². The van der Waals surface area contributed by atoms with E-state index in [2.05, 4.69) is 24.0 Å². The quantitative estimate of drug-likeness (QED) is 0.538. The molecule has 2 N–H and O–H groups in total. The first-order valence-electron chi connectivity index (χ1n) is 9.14. The van der Waals surface area contributed by atoms with E-state index in [4.69, 9.17) is 5.73 Å². The molecule has 0 aromatic heterocycles. The zero-order valence-corrected chi connectivity index (χ0v) is 15.2. The van der Waals surface area contributed by atoms with Crippen molar-refractivity contribution in [1.29, 1.82) is 0 Å². The highest BCUT2D eigenvalue weighted by molar-refractivity contribution is 5.43. The molecule has 0 aliphatic carbocycles. The summed E-state index contributed by atoms with van der Waals surface area (Å²) in [6.07, 6.45) is 13.9. The minimum Gasteiger partial charge on any atom is -0.378 e. The van der Waals surface area contributed by atoms with Crippen molar-refractivity contribution in [2.24, 2.45) is 5.73 Å². The maximum Gasteiger partial charge on any atom is 0.0360 e. The molecule has 2 nitrogen and oxygen atoms in total. The van der Waals surface area contributed by atoms with Crippen LogP contribution >= 0.6 is 0 Å². The van der Waals surface area contributed by atoms with E-state index in [-0.39, 0.29) is 0 Å². The molecule has 0 amide bonds. The summed E-state index contributed by atoms with van der Waals surface area (Å²) in [5.41, 5.74) is 6.67. The first-order chi connectivity index (χ1) is 10.7. The predicted octanol–water partition coefficient (Wildman–Crippen LogP) is 5.62. The second-order valence-electron chi connectivity index (χ2n) is 6.20. The number of para-hydroxylation sites is 1. The topological polar surface area (TPSA) is 29.3 Å². The van der Waals surface area contributed by atoms with Crippen molar-refractivity contribution in [2.45, 2.75) is 71.1 Å². The summed E-state index contributed by atoms with van der Waals surface area (Å²) in [6, 6.07) is 10.3. The minimum atomic E-state index is 0.872. The lowest BCUT2D eigenvalue weighted by molar-refractivity contribution is 0.558. The normalized spacial score (nSPS) is 10.0. The van der Waals surface area contributed by atoms with E-state index < -0.39 is 0 Å². The predicted molar refractivity (Wildman–Crippen MR) is 102 cm³/mol. The molecule has 0 bridgehead atoms. The van der Waals surface area contributed by atoms with Crippen LogP contribution in [0.2, 0.25) is 0 Å². The van der Waals surface area contributed by atoms with E-state index in [1.807, 2.05) is 32.3 Å². The highest BCUT2D eigenvalue weighted by Crippen LogP contribution is 2.10. The Hall–Kier alpha value is -1.02. The van der Waals surface area contributed by atoms with E-state index in [1.165, 1.54) is 69.9 Å². The fourth-order valence-electron chi connectivity index (χ4n) is 2.36. The Morgan fingerprint density at radius 2 is 1.18 bits per heavy atom. The van der Waals surface area contributed by atoms with E-state index in [0.29, 0.717) is 0 Å². The highest BCUT2D eigenvalue weighted by Gasteiger charge is 1.91. The van der Waals surface area contributed by atoms with Crippen molar-refractivity contribution >= 4 is 5.69 Å². The number of unbranched alkanes of at least 4 members (excludes halogenated alkanes) is 9. The van der Waals surface area contributed by atoms with Crippen LogP contribution in [0.1, 0.15) is 71.1 Å². The van der Waals surface area contributed by atoms with Gasteiger partial charge in [-0.15, -0.1) is 0 Å². The van der Waals surface area contributed by atoms with Crippen molar-refractivity contribution in [2.75, 3.05) is 25.5 Å². The lowest BCUT2D eigenvalue weighted by Crippen LogP contribution is -2.07. The van der Waals surface area contributed by atoms with Crippen LogP contribution < -0.4 is 10.6 Å². The average molecular weight is 307 g/mol. The number of nitrogens with two attached hydrogens (primary N) is 1. The van der Waals surface area contributed by atoms with Crippen molar-refractivity contribution < 1.29 is 0 Å². The maximum atomic E-state index is 5.42. The van der Waals surface area contributed by atoms with Crippen LogP contribution in [-0.4, -0.2) is 20.6 Å². The SMILES string of the molecule is CCCCCCCCCCCCN.CN(C)c1ccccc1. The van der Waals surface area contributed by atoms with Crippen LogP contribution in [0, 0.1) is 0 Å². The summed E-state index contributed by atoms with van der Waals surface area (Å²) in [7, 11) is 4.07. The van der Waals surface area contributed by atoms with Crippen molar-refractivity contribution in [1.82, 2.24) is 0 Å². The Morgan fingerprint density at radius 3 is 1.55 bits per heavy atom. The van der Waals surface area contributed by atoms with Gasteiger partial charge in [-0.1, -0.05) is 82.9 Å². The molecule has 1 rings (SSSR count). The average Bonchev–Trinajstić information content (AvgIpc) is 2.55. The molecule has 128 valence electrons. The van der Waals surface area contributed by atoms with Gasteiger partial charge in [0.25, 0.3) is 0 Å². The lowest BCUT2D eigenvalue weighted by atomic mass is 10.1. The van der Waals surface area contributed by atoms with Gasteiger partial charge in [0.15, 0.2) is 0 Å². The van der Waals surface area contributed by atoms with Gasteiger partial charge >= 0.3 is 0 Å². The first kappa shape index (κ1) is 21.0. The number of rotatable bonds is 11. The highest BCUT2D eigenvalue weighted by atomic mass is 15.1. The lowest BCUT2D eigenvalue weighted by Gasteiger charge is -2.10. The van der Waals surface area contributed by atoms with Crippen molar-refractivity contribution in [3.05, 3.63) is 30.3 Å².